The summed E-state index contributed by atoms with van der Waals surface area (Å²) >= 11 is 0. The summed E-state index contributed by atoms with van der Waals surface area (Å²) in [5.74, 6) is 1.42. The molecule has 1 heterocycles. The van der Waals surface area contributed by atoms with E-state index in [1.807, 2.05) is 29.2 Å². The summed E-state index contributed by atoms with van der Waals surface area (Å²) in [5.41, 5.74) is 1.25. The monoisotopic (exact) mass is 344 g/mol. The Labute approximate surface area is 150 Å². The smallest absolute Gasteiger partial charge is 0.298 e. The van der Waals surface area contributed by atoms with Crippen molar-refractivity contribution < 1.29 is 14.3 Å². The van der Waals surface area contributed by atoms with Crippen LogP contribution in [0.25, 0.3) is 5.76 Å². The van der Waals surface area contributed by atoms with Crippen LogP contribution >= 0.6 is 0 Å². The predicted octanol–water partition coefficient (Wildman–Crippen LogP) is 4.10. The molecule has 1 amide bonds. The van der Waals surface area contributed by atoms with Gasteiger partial charge in [0.15, 0.2) is 11.5 Å². The maximum atomic E-state index is 12.4. The van der Waals surface area contributed by atoms with Gasteiger partial charge in [-0.15, -0.1) is 0 Å². The quantitative estimate of drug-likeness (QED) is 0.500. The second-order valence-corrected chi connectivity index (χ2v) is 6.20. The molecule has 2 rings (SSSR count). The number of ether oxygens (including phenoxy) is 2. The number of benzene rings is 1. The lowest BCUT2D eigenvalue weighted by atomic mass is 9.98. The molecule has 5 heteroatoms. The Morgan fingerprint density at radius 1 is 1.24 bits per heavy atom. The van der Waals surface area contributed by atoms with Crippen LogP contribution < -0.4 is 4.74 Å². The van der Waals surface area contributed by atoms with Gasteiger partial charge in [-0.25, -0.2) is 0 Å². The summed E-state index contributed by atoms with van der Waals surface area (Å²) in [6.07, 6.45) is 6.22. The SMILES string of the molecule is CCCCC(CC)CN1C=NC(=O)C1=C(OC)c1ccccc1OC. The van der Waals surface area contributed by atoms with Crippen LogP contribution in [0.2, 0.25) is 0 Å². The van der Waals surface area contributed by atoms with Crippen molar-refractivity contribution in [1.82, 2.24) is 4.90 Å². The first-order chi connectivity index (χ1) is 12.2. The van der Waals surface area contributed by atoms with Gasteiger partial charge in [0.2, 0.25) is 0 Å². The molecule has 0 aliphatic carbocycles. The lowest BCUT2D eigenvalue weighted by Crippen LogP contribution is -2.27. The van der Waals surface area contributed by atoms with Crippen molar-refractivity contribution in [3.8, 4) is 5.75 Å². The van der Waals surface area contributed by atoms with E-state index in [0.717, 1.165) is 24.9 Å². The third-order valence-corrected chi connectivity index (χ3v) is 4.57. The molecule has 0 bridgehead atoms. The number of amides is 1. The normalized spacial score (nSPS) is 17.0. The van der Waals surface area contributed by atoms with E-state index in [4.69, 9.17) is 9.47 Å². The molecule has 1 aromatic rings. The summed E-state index contributed by atoms with van der Waals surface area (Å²) in [6.45, 7) is 5.16. The fourth-order valence-corrected chi connectivity index (χ4v) is 3.09. The molecule has 0 spiro atoms. The minimum atomic E-state index is -0.270. The summed E-state index contributed by atoms with van der Waals surface area (Å²) in [7, 11) is 3.19. The van der Waals surface area contributed by atoms with Crippen molar-refractivity contribution >= 4 is 18.0 Å². The molecule has 1 aromatic carbocycles. The van der Waals surface area contributed by atoms with Crippen molar-refractivity contribution in [1.29, 1.82) is 0 Å². The van der Waals surface area contributed by atoms with E-state index in [1.54, 1.807) is 20.6 Å². The number of carbonyl (C=O) groups is 1. The molecular formula is C20H28N2O3. The third-order valence-electron chi connectivity index (χ3n) is 4.57. The summed E-state index contributed by atoms with van der Waals surface area (Å²) in [4.78, 5) is 18.4. The number of methoxy groups -OCH3 is 2. The minimum absolute atomic E-state index is 0.270. The van der Waals surface area contributed by atoms with E-state index in [1.165, 1.54) is 12.8 Å². The van der Waals surface area contributed by atoms with Crippen LogP contribution in [-0.2, 0) is 9.53 Å². The zero-order chi connectivity index (χ0) is 18.2. The number of carbonyl (C=O) groups excluding carboxylic acids is 1. The van der Waals surface area contributed by atoms with Crippen molar-refractivity contribution in [3.05, 3.63) is 35.5 Å². The van der Waals surface area contributed by atoms with Crippen molar-refractivity contribution in [2.45, 2.75) is 39.5 Å². The van der Waals surface area contributed by atoms with E-state index in [0.29, 0.717) is 23.1 Å². The first kappa shape index (κ1) is 19.0. The average molecular weight is 344 g/mol. The second kappa shape index (κ2) is 9.25. The zero-order valence-electron chi connectivity index (χ0n) is 15.6. The van der Waals surface area contributed by atoms with Gasteiger partial charge in [-0.1, -0.05) is 45.2 Å². The van der Waals surface area contributed by atoms with Gasteiger partial charge in [0.1, 0.15) is 5.75 Å². The fraction of sp³-hybridized carbons (Fsp3) is 0.500. The number of hydrogen-bond acceptors (Lipinski definition) is 4. The molecule has 0 saturated heterocycles. The Hall–Kier alpha value is -2.30. The molecule has 5 nitrogen and oxygen atoms in total. The number of para-hydroxylation sites is 1. The van der Waals surface area contributed by atoms with Crippen LogP contribution in [-0.4, -0.2) is 37.9 Å². The van der Waals surface area contributed by atoms with Gasteiger partial charge >= 0.3 is 0 Å². The Bertz CT molecular complexity index is 652. The molecular weight excluding hydrogens is 316 g/mol. The highest BCUT2D eigenvalue weighted by Gasteiger charge is 2.30. The van der Waals surface area contributed by atoms with E-state index in [9.17, 15) is 4.79 Å². The Morgan fingerprint density at radius 3 is 2.64 bits per heavy atom. The predicted molar refractivity (Wildman–Crippen MR) is 100 cm³/mol. The lowest BCUT2D eigenvalue weighted by molar-refractivity contribution is -0.114. The first-order valence-corrected chi connectivity index (χ1v) is 8.93. The number of unbranched alkanes of at least 4 members (excludes halogenated alkanes) is 1. The third kappa shape index (κ3) is 4.41. The van der Waals surface area contributed by atoms with E-state index < -0.39 is 0 Å². The highest BCUT2D eigenvalue weighted by Crippen LogP contribution is 2.32. The van der Waals surface area contributed by atoms with E-state index >= 15 is 0 Å². The molecule has 1 aliphatic heterocycles. The van der Waals surface area contributed by atoms with Crippen LogP contribution in [0, 0.1) is 5.92 Å². The van der Waals surface area contributed by atoms with Gasteiger partial charge in [0.25, 0.3) is 5.91 Å². The maximum Gasteiger partial charge on any atom is 0.298 e. The second-order valence-electron chi connectivity index (χ2n) is 6.20. The summed E-state index contributed by atoms with van der Waals surface area (Å²) in [6, 6.07) is 7.54. The van der Waals surface area contributed by atoms with Gasteiger partial charge in [-0.3, -0.25) is 4.79 Å². The van der Waals surface area contributed by atoms with Crippen LogP contribution in [0.4, 0.5) is 0 Å². The molecule has 1 aliphatic rings. The molecule has 0 radical (unpaired) electrons. The van der Waals surface area contributed by atoms with Crippen molar-refractivity contribution in [2.24, 2.45) is 10.9 Å². The van der Waals surface area contributed by atoms with Crippen LogP contribution in [0.3, 0.4) is 0 Å². The van der Waals surface area contributed by atoms with Crippen LogP contribution in [0.5, 0.6) is 5.75 Å². The number of hydrogen-bond donors (Lipinski definition) is 0. The Kier molecular flexibility index (Phi) is 7.04. The molecule has 0 saturated carbocycles. The number of rotatable bonds is 9. The first-order valence-electron chi connectivity index (χ1n) is 8.93. The highest BCUT2D eigenvalue weighted by atomic mass is 16.5. The topological polar surface area (TPSA) is 51.1 Å². The fourth-order valence-electron chi connectivity index (χ4n) is 3.09. The summed E-state index contributed by atoms with van der Waals surface area (Å²) < 4.78 is 11.0. The molecule has 0 aromatic heterocycles. The average Bonchev–Trinajstić information content (AvgIpc) is 3.00. The molecule has 1 atom stereocenters. The number of nitrogens with zero attached hydrogens (tertiary/aromatic N) is 2. The van der Waals surface area contributed by atoms with Crippen molar-refractivity contribution in [2.75, 3.05) is 20.8 Å². The van der Waals surface area contributed by atoms with Gasteiger partial charge in [0, 0.05) is 6.54 Å². The van der Waals surface area contributed by atoms with E-state index in [2.05, 4.69) is 18.8 Å². The van der Waals surface area contributed by atoms with Crippen molar-refractivity contribution in [3.63, 3.8) is 0 Å². The standard InChI is InChI=1S/C20H28N2O3/c1-5-7-10-15(6-2)13-22-14-21-20(23)18(22)19(25-4)16-11-8-9-12-17(16)24-3/h8-9,11-12,14-15H,5-7,10,13H2,1-4H3. The van der Waals surface area contributed by atoms with Crippen LogP contribution in [0.1, 0.15) is 45.1 Å². The molecule has 25 heavy (non-hydrogen) atoms. The maximum absolute atomic E-state index is 12.4. The summed E-state index contributed by atoms with van der Waals surface area (Å²) in [5, 5.41) is 0. The van der Waals surface area contributed by atoms with Crippen LogP contribution in [0.15, 0.2) is 35.0 Å². The lowest BCUT2D eigenvalue weighted by Gasteiger charge is -2.24. The zero-order valence-corrected chi connectivity index (χ0v) is 15.6. The van der Waals surface area contributed by atoms with Gasteiger partial charge in [0.05, 0.1) is 26.1 Å². The highest BCUT2D eigenvalue weighted by molar-refractivity contribution is 6.09. The molecule has 1 unspecified atom stereocenters. The molecule has 0 N–H and O–H groups in total. The Morgan fingerprint density at radius 2 is 2.00 bits per heavy atom. The van der Waals surface area contributed by atoms with Gasteiger partial charge in [-0.2, -0.15) is 4.99 Å². The Balaban J connectivity index is 2.37. The number of aliphatic imine (C=N–C) groups is 1. The largest absolute Gasteiger partial charge is 0.496 e. The van der Waals surface area contributed by atoms with Gasteiger partial charge in [-0.05, 0) is 24.5 Å². The molecule has 0 fully saturated rings. The minimum Gasteiger partial charge on any atom is -0.496 e. The van der Waals surface area contributed by atoms with E-state index in [-0.39, 0.29) is 5.91 Å². The molecule has 136 valence electrons. The van der Waals surface area contributed by atoms with Gasteiger partial charge < -0.3 is 14.4 Å².